The molecule has 1 amide bonds. The Morgan fingerprint density at radius 2 is 1.94 bits per heavy atom. The van der Waals surface area contributed by atoms with Crippen LogP contribution in [0, 0.1) is 5.82 Å². The molecule has 2 N–H and O–H groups in total. The lowest BCUT2D eigenvalue weighted by Gasteiger charge is -2.37. The van der Waals surface area contributed by atoms with Crippen LogP contribution in [0.4, 0.5) is 17.6 Å². The lowest BCUT2D eigenvalue weighted by atomic mass is 10.0. The van der Waals surface area contributed by atoms with E-state index in [1.54, 1.807) is 0 Å². The first-order valence-electron chi connectivity index (χ1n) is 5.21. The van der Waals surface area contributed by atoms with Gasteiger partial charge in [0.25, 0.3) is 5.91 Å². The molecule has 0 unspecified atom stereocenters. The second-order valence-corrected chi connectivity index (χ2v) is 4.14. The average molecular weight is 262 g/mol. The Hall–Kier alpha value is -1.63. The van der Waals surface area contributed by atoms with Crippen LogP contribution in [0.15, 0.2) is 18.2 Å². The van der Waals surface area contributed by atoms with E-state index in [4.69, 9.17) is 5.73 Å². The second-order valence-electron chi connectivity index (χ2n) is 4.14. The fourth-order valence-corrected chi connectivity index (χ4v) is 1.76. The third-order valence-electron chi connectivity index (χ3n) is 2.73. The summed E-state index contributed by atoms with van der Waals surface area (Å²) in [4.78, 5) is 12.9. The van der Waals surface area contributed by atoms with Crippen molar-refractivity contribution in [2.24, 2.45) is 5.73 Å². The minimum absolute atomic E-state index is 0.192. The van der Waals surface area contributed by atoms with Crippen molar-refractivity contribution >= 4 is 5.91 Å². The van der Waals surface area contributed by atoms with Crippen LogP contribution in [0.2, 0.25) is 0 Å². The summed E-state index contributed by atoms with van der Waals surface area (Å²) >= 11 is 0. The van der Waals surface area contributed by atoms with Crippen molar-refractivity contribution < 1.29 is 22.4 Å². The highest BCUT2D eigenvalue weighted by Gasteiger charge is 2.37. The van der Waals surface area contributed by atoms with Gasteiger partial charge in [0.2, 0.25) is 0 Å². The first kappa shape index (κ1) is 12.8. The SMILES string of the molecule is NC1CN(C(=O)c2cccc(C(F)(F)F)c2F)C1. The normalized spacial score (nSPS) is 16.6. The van der Waals surface area contributed by atoms with E-state index in [0.717, 1.165) is 12.1 Å². The maximum atomic E-state index is 13.6. The molecule has 0 aromatic heterocycles. The number of hydrogen-bond acceptors (Lipinski definition) is 2. The zero-order valence-corrected chi connectivity index (χ0v) is 9.17. The molecule has 1 fully saturated rings. The van der Waals surface area contributed by atoms with Crippen molar-refractivity contribution in [3.63, 3.8) is 0 Å². The third kappa shape index (κ3) is 2.17. The monoisotopic (exact) mass is 262 g/mol. The van der Waals surface area contributed by atoms with Gasteiger partial charge in [-0.3, -0.25) is 4.79 Å². The van der Waals surface area contributed by atoms with Crippen LogP contribution in [0.3, 0.4) is 0 Å². The lowest BCUT2D eigenvalue weighted by molar-refractivity contribution is -0.140. The van der Waals surface area contributed by atoms with E-state index >= 15 is 0 Å². The maximum Gasteiger partial charge on any atom is 0.419 e. The van der Waals surface area contributed by atoms with Crippen LogP contribution in [0.5, 0.6) is 0 Å². The summed E-state index contributed by atoms with van der Waals surface area (Å²) < 4.78 is 51.0. The number of nitrogens with two attached hydrogens (primary N) is 1. The summed E-state index contributed by atoms with van der Waals surface area (Å²) in [5.41, 5.74) is 3.45. The van der Waals surface area contributed by atoms with Crippen LogP contribution in [-0.2, 0) is 6.18 Å². The predicted molar refractivity (Wildman–Crippen MR) is 55.3 cm³/mol. The number of alkyl halides is 3. The van der Waals surface area contributed by atoms with Crippen LogP contribution < -0.4 is 5.73 Å². The van der Waals surface area contributed by atoms with Gasteiger partial charge >= 0.3 is 6.18 Å². The van der Waals surface area contributed by atoms with E-state index in [0.29, 0.717) is 6.07 Å². The van der Waals surface area contributed by atoms with Gasteiger partial charge in [-0.2, -0.15) is 13.2 Å². The van der Waals surface area contributed by atoms with E-state index in [9.17, 15) is 22.4 Å². The molecule has 0 spiro atoms. The lowest BCUT2D eigenvalue weighted by Crippen LogP contribution is -2.58. The molecule has 1 saturated heterocycles. The number of hydrogen-bond donors (Lipinski definition) is 1. The van der Waals surface area contributed by atoms with Gasteiger partial charge < -0.3 is 10.6 Å². The maximum absolute atomic E-state index is 13.6. The van der Waals surface area contributed by atoms with E-state index in [1.807, 2.05) is 0 Å². The van der Waals surface area contributed by atoms with Crippen LogP contribution in [0.1, 0.15) is 15.9 Å². The molecule has 0 atom stereocenters. The molecule has 0 aliphatic carbocycles. The second kappa shape index (κ2) is 4.24. The fraction of sp³-hybridized carbons (Fsp3) is 0.364. The summed E-state index contributed by atoms with van der Waals surface area (Å²) in [6, 6.07) is 2.46. The molecule has 1 aliphatic heterocycles. The number of benzene rings is 1. The van der Waals surface area contributed by atoms with Gasteiger partial charge in [-0.05, 0) is 12.1 Å². The molecule has 7 heteroatoms. The van der Waals surface area contributed by atoms with Gasteiger partial charge in [0, 0.05) is 19.1 Å². The summed E-state index contributed by atoms with van der Waals surface area (Å²) in [5.74, 6) is -2.30. The van der Waals surface area contributed by atoms with Crippen molar-refractivity contribution in [2.75, 3.05) is 13.1 Å². The molecule has 0 radical (unpaired) electrons. The van der Waals surface area contributed by atoms with Crippen LogP contribution in [-0.4, -0.2) is 29.9 Å². The average Bonchev–Trinajstić information content (AvgIpc) is 2.22. The van der Waals surface area contributed by atoms with E-state index < -0.39 is 29.0 Å². The van der Waals surface area contributed by atoms with Crippen molar-refractivity contribution in [1.29, 1.82) is 0 Å². The Balaban J connectivity index is 2.32. The number of carbonyl (C=O) groups excluding carboxylic acids is 1. The molecule has 3 nitrogen and oxygen atoms in total. The Bertz CT molecular complexity index is 480. The molecule has 18 heavy (non-hydrogen) atoms. The van der Waals surface area contributed by atoms with E-state index in [1.165, 1.54) is 4.90 Å². The standard InChI is InChI=1S/C11H10F4N2O/c12-9-7(10(18)17-4-6(16)5-17)2-1-3-8(9)11(13,14)15/h1-3,6H,4-5,16H2. The first-order chi connectivity index (χ1) is 8.30. The number of nitrogens with zero attached hydrogens (tertiary/aromatic N) is 1. The number of likely N-dealkylation sites (tertiary alicyclic amines) is 1. The van der Waals surface area contributed by atoms with Gasteiger partial charge in [0.15, 0.2) is 0 Å². The topological polar surface area (TPSA) is 46.3 Å². The number of halogens is 4. The number of rotatable bonds is 1. The van der Waals surface area contributed by atoms with Gasteiger partial charge in [0.05, 0.1) is 11.1 Å². The van der Waals surface area contributed by atoms with Crippen LogP contribution >= 0.6 is 0 Å². The minimum Gasteiger partial charge on any atom is -0.335 e. The molecule has 1 aromatic rings. The van der Waals surface area contributed by atoms with Gasteiger partial charge in [-0.15, -0.1) is 0 Å². The van der Waals surface area contributed by atoms with Crippen LogP contribution in [0.25, 0.3) is 0 Å². The molecule has 2 rings (SSSR count). The summed E-state index contributed by atoms with van der Waals surface area (Å²) in [6.07, 6.45) is -4.81. The number of amides is 1. The fourth-order valence-electron chi connectivity index (χ4n) is 1.76. The Labute approximate surface area is 100 Å². The molecule has 98 valence electrons. The molecule has 0 saturated carbocycles. The van der Waals surface area contributed by atoms with Crippen molar-refractivity contribution in [1.82, 2.24) is 4.90 Å². The quantitative estimate of drug-likeness (QED) is 0.782. The molecule has 0 bridgehead atoms. The van der Waals surface area contributed by atoms with Gasteiger partial charge in [-0.1, -0.05) is 6.07 Å². The highest BCUT2D eigenvalue weighted by molar-refractivity contribution is 5.95. The van der Waals surface area contributed by atoms with Crippen molar-refractivity contribution in [3.8, 4) is 0 Å². The number of carbonyl (C=O) groups is 1. The smallest absolute Gasteiger partial charge is 0.335 e. The predicted octanol–water partition coefficient (Wildman–Crippen LogP) is 1.63. The minimum atomic E-state index is -4.81. The molecule has 1 heterocycles. The summed E-state index contributed by atoms with van der Waals surface area (Å²) in [7, 11) is 0. The Morgan fingerprint density at radius 3 is 2.44 bits per heavy atom. The highest BCUT2D eigenvalue weighted by Crippen LogP contribution is 2.32. The zero-order chi connectivity index (χ0) is 13.5. The first-order valence-corrected chi connectivity index (χ1v) is 5.21. The van der Waals surface area contributed by atoms with Crippen molar-refractivity contribution in [2.45, 2.75) is 12.2 Å². The highest BCUT2D eigenvalue weighted by atomic mass is 19.4. The Kier molecular flexibility index (Phi) is 3.02. The van der Waals surface area contributed by atoms with Gasteiger partial charge in [-0.25, -0.2) is 4.39 Å². The molecule has 1 aliphatic rings. The molecule has 1 aromatic carbocycles. The largest absolute Gasteiger partial charge is 0.419 e. The molecular weight excluding hydrogens is 252 g/mol. The molecular formula is C11H10F4N2O. The third-order valence-corrected chi connectivity index (χ3v) is 2.73. The van der Waals surface area contributed by atoms with E-state index in [-0.39, 0.29) is 19.1 Å². The summed E-state index contributed by atoms with van der Waals surface area (Å²) in [5, 5.41) is 0. The van der Waals surface area contributed by atoms with Gasteiger partial charge in [0.1, 0.15) is 5.82 Å². The zero-order valence-electron chi connectivity index (χ0n) is 9.17. The summed E-state index contributed by atoms with van der Waals surface area (Å²) in [6.45, 7) is 0.461. The van der Waals surface area contributed by atoms with E-state index in [2.05, 4.69) is 0 Å². The van der Waals surface area contributed by atoms with Crippen molar-refractivity contribution in [3.05, 3.63) is 35.1 Å². The Morgan fingerprint density at radius 1 is 1.33 bits per heavy atom.